The summed E-state index contributed by atoms with van der Waals surface area (Å²) in [5.41, 5.74) is 9.25. The van der Waals surface area contributed by atoms with E-state index in [0.717, 1.165) is 40.4 Å². The first-order chi connectivity index (χ1) is 13.5. The maximum Gasteiger partial charge on any atom is 0.151 e. The number of nitrogens with two attached hydrogens (primary N) is 1. The number of halogens is 1. The highest BCUT2D eigenvalue weighted by Gasteiger charge is 2.27. The van der Waals surface area contributed by atoms with Crippen LogP contribution in [-0.2, 0) is 7.05 Å². The monoisotopic (exact) mass is 398 g/mol. The number of imidazole rings is 1. The third kappa shape index (κ3) is 3.41. The Balaban J connectivity index is 1.41. The quantitative estimate of drug-likeness (QED) is 0.666. The molecule has 148 valence electrons. The lowest BCUT2D eigenvalue weighted by atomic mass is 9.98. The molecule has 0 radical (unpaired) electrons. The molecule has 0 spiro atoms. The van der Waals surface area contributed by atoms with Crippen LogP contribution in [0.1, 0.15) is 56.6 Å². The molecule has 0 aromatic carbocycles. The molecule has 1 aliphatic rings. The third-order valence-corrected chi connectivity index (χ3v) is 6.66. The molecule has 3 heterocycles. The predicted octanol–water partition coefficient (Wildman–Crippen LogP) is 4.85. The van der Waals surface area contributed by atoms with Gasteiger partial charge in [0.2, 0.25) is 0 Å². The SMILES string of the molecule is C/C(CCC1CCC(n2ccc3c(N)ncnc32)C1)=C(/Cl)c1ncc(C)n1C. The molecule has 0 bridgehead atoms. The van der Waals surface area contributed by atoms with E-state index in [2.05, 4.69) is 32.6 Å². The van der Waals surface area contributed by atoms with Gasteiger partial charge in [0.1, 0.15) is 17.8 Å². The maximum atomic E-state index is 6.62. The summed E-state index contributed by atoms with van der Waals surface area (Å²) in [5.74, 6) is 2.11. The molecule has 3 aromatic heterocycles. The summed E-state index contributed by atoms with van der Waals surface area (Å²) in [6.45, 7) is 4.16. The van der Waals surface area contributed by atoms with Crippen molar-refractivity contribution in [1.82, 2.24) is 24.1 Å². The van der Waals surface area contributed by atoms with Crippen LogP contribution in [0.3, 0.4) is 0 Å². The van der Waals surface area contributed by atoms with Crippen molar-refractivity contribution in [1.29, 1.82) is 0 Å². The summed E-state index contributed by atoms with van der Waals surface area (Å²) in [4.78, 5) is 13.0. The minimum absolute atomic E-state index is 0.480. The zero-order valence-electron chi connectivity index (χ0n) is 16.7. The van der Waals surface area contributed by atoms with E-state index in [0.29, 0.717) is 17.8 Å². The second kappa shape index (κ2) is 7.59. The number of hydrogen-bond donors (Lipinski definition) is 1. The molecule has 4 rings (SSSR count). The summed E-state index contributed by atoms with van der Waals surface area (Å²) in [5, 5.41) is 1.73. The molecule has 3 aromatic rings. The molecule has 0 aliphatic heterocycles. The van der Waals surface area contributed by atoms with Crippen LogP contribution in [-0.4, -0.2) is 24.1 Å². The molecule has 7 heteroatoms. The van der Waals surface area contributed by atoms with Crippen molar-refractivity contribution in [2.24, 2.45) is 13.0 Å². The van der Waals surface area contributed by atoms with E-state index >= 15 is 0 Å². The van der Waals surface area contributed by atoms with Crippen LogP contribution in [0.2, 0.25) is 0 Å². The maximum absolute atomic E-state index is 6.62. The standard InChI is InChI=1S/C21H27ClN6/c1-13(18(22)21-24-11-14(2)27(21)3)4-5-15-6-7-16(10-15)28-9-8-17-19(23)25-12-26-20(17)28/h8-9,11-12,15-16H,4-7,10H2,1-3H3,(H2,23,25,26)/b18-13-. The van der Waals surface area contributed by atoms with E-state index in [1.807, 2.05) is 30.8 Å². The topological polar surface area (TPSA) is 74.6 Å². The Morgan fingerprint density at radius 3 is 2.86 bits per heavy atom. The number of anilines is 1. The fraction of sp³-hybridized carbons (Fsp3) is 0.476. The highest BCUT2D eigenvalue weighted by atomic mass is 35.5. The highest BCUT2D eigenvalue weighted by Crippen LogP contribution is 2.40. The lowest BCUT2D eigenvalue weighted by Gasteiger charge is -2.15. The van der Waals surface area contributed by atoms with Gasteiger partial charge in [-0.25, -0.2) is 15.0 Å². The number of rotatable bonds is 5. The van der Waals surface area contributed by atoms with E-state index < -0.39 is 0 Å². The fourth-order valence-corrected chi connectivity index (χ4v) is 4.54. The Kier molecular flexibility index (Phi) is 5.15. The second-order valence-corrected chi connectivity index (χ2v) is 8.35. The number of allylic oxidation sites excluding steroid dienone is 1. The first kappa shape index (κ1) is 19.0. The molecule has 28 heavy (non-hydrogen) atoms. The van der Waals surface area contributed by atoms with Gasteiger partial charge < -0.3 is 14.9 Å². The first-order valence-corrected chi connectivity index (χ1v) is 10.2. The average Bonchev–Trinajstić information content (AvgIpc) is 3.39. The van der Waals surface area contributed by atoms with Gasteiger partial charge >= 0.3 is 0 Å². The largest absolute Gasteiger partial charge is 0.383 e. The van der Waals surface area contributed by atoms with Crippen LogP contribution in [0, 0.1) is 12.8 Å². The summed E-state index contributed by atoms with van der Waals surface area (Å²) in [7, 11) is 2.01. The Morgan fingerprint density at radius 2 is 2.11 bits per heavy atom. The Labute approximate surface area is 170 Å². The molecular weight excluding hydrogens is 372 g/mol. The van der Waals surface area contributed by atoms with Crippen LogP contribution >= 0.6 is 11.6 Å². The summed E-state index contributed by atoms with van der Waals surface area (Å²) < 4.78 is 4.32. The molecule has 2 N–H and O–H groups in total. The molecule has 2 atom stereocenters. The molecule has 0 amide bonds. The minimum Gasteiger partial charge on any atom is -0.383 e. The van der Waals surface area contributed by atoms with E-state index in [1.165, 1.54) is 24.8 Å². The first-order valence-electron chi connectivity index (χ1n) is 9.86. The van der Waals surface area contributed by atoms with Gasteiger partial charge in [0.25, 0.3) is 0 Å². The number of hydrogen-bond acceptors (Lipinski definition) is 4. The molecule has 1 saturated carbocycles. The Hall–Kier alpha value is -2.34. The van der Waals surface area contributed by atoms with Crippen molar-refractivity contribution < 1.29 is 0 Å². The van der Waals surface area contributed by atoms with Crippen molar-refractivity contribution >= 4 is 33.5 Å². The molecule has 6 nitrogen and oxygen atoms in total. The molecule has 0 saturated heterocycles. The number of nitrogens with zero attached hydrogens (tertiary/aromatic N) is 5. The van der Waals surface area contributed by atoms with Crippen molar-refractivity contribution in [2.45, 2.75) is 52.0 Å². The van der Waals surface area contributed by atoms with Gasteiger partial charge in [-0.3, -0.25) is 0 Å². The van der Waals surface area contributed by atoms with Crippen LogP contribution in [0.4, 0.5) is 5.82 Å². The molecule has 2 unspecified atom stereocenters. The molecule has 1 aliphatic carbocycles. The van der Waals surface area contributed by atoms with E-state index in [1.54, 1.807) is 6.33 Å². The van der Waals surface area contributed by atoms with Crippen LogP contribution < -0.4 is 5.73 Å². The van der Waals surface area contributed by atoms with Crippen molar-refractivity contribution in [3.05, 3.63) is 41.9 Å². The van der Waals surface area contributed by atoms with Gasteiger partial charge in [-0.15, -0.1) is 0 Å². The van der Waals surface area contributed by atoms with E-state index in [4.69, 9.17) is 17.3 Å². The minimum atomic E-state index is 0.480. The predicted molar refractivity (Wildman–Crippen MR) is 114 cm³/mol. The van der Waals surface area contributed by atoms with Gasteiger partial charge in [-0.2, -0.15) is 0 Å². The van der Waals surface area contributed by atoms with Gasteiger partial charge in [0.05, 0.1) is 10.4 Å². The normalized spacial score (nSPS) is 20.7. The second-order valence-electron chi connectivity index (χ2n) is 7.97. The smallest absolute Gasteiger partial charge is 0.151 e. The number of fused-ring (bicyclic) bond motifs is 1. The number of nitrogen functional groups attached to an aromatic ring is 1. The zero-order valence-corrected chi connectivity index (χ0v) is 17.4. The summed E-state index contributed by atoms with van der Waals surface area (Å²) in [6, 6.07) is 2.51. The van der Waals surface area contributed by atoms with Gasteiger partial charge in [0, 0.05) is 31.2 Å². The van der Waals surface area contributed by atoms with E-state index in [9.17, 15) is 0 Å². The third-order valence-electron chi connectivity index (χ3n) is 6.17. The average molecular weight is 399 g/mol. The van der Waals surface area contributed by atoms with Crippen LogP contribution in [0.25, 0.3) is 16.1 Å². The van der Waals surface area contributed by atoms with Crippen molar-refractivity contribution in [3.63, 3.8) is 0 Å². The van der Waals surface area contributed by atoms with Gasteiger partial charge in [-0.1, -0.05) is 17.2 Å². The zero-order chi connectivity index (χ0) is 19.8. The lowest BCUT2D eigenvalue weighted by molar-refractivity contribution is 0.461. The fourth-order valence-electron chi connectivity index (χ4n) is 4.27. The Morgan fingerprint density at radius 1 is 1.29 bits per heavy atom. The summed E-state index contributed by atoms with van der Waals surface area (Å²) in [6.07, 6.45) is 11.3. The highest BCUT2D eigenvalue weighted by molar-refractivity contribution is 6.48. The summed E-state index contributed by atoms with van der Waals surface area (Å²) >= 11 is 6.62. The van der Waals surface area contributed by atoms with Crippen LogP contribution in [0.15, 0.2) is 30.4 Å². The molecular formula is C21H27ClN6. The van der Waals surface area contributed by atoms with Crippen molar-refractivity contribution in [2.75, 3.05) is 5.73 Å². The van der Waals surface area contributed by atoms with Gasteiger partial charge in [0.15, 0.2) is 5.82 Å². The van der Waals surface area contributed by atoms with E-state index in [-0.39, 0.29) is 0 Å². The number of aromatic nitrogens is 5. The van der Waals surface area contributed by atoms with Crippen LogP contribution in [0.5, 0.6) is 0 Å². The lowest BCUT2D eigenvalue weighted by Crippen LogP contribution is -2.06. The van der Waals surface area contributed by atoms with Crippen molar-refractivity contribution in [3.8, 4) is 0 Å². The molecule has 1 fully saturated rings. The number of aryl methyl sites for hydroxylation is 1. The Bertz CT molecular complexity index is 1030. The van der Waals surface area contributed by atoms with Gasteiger partial charge in [-0.05, 0) is 57.9 Å².